The van der Waals surface area contributed by atoms with E-state index in [0.29, 0.717) is 12.6 Å². The van der Waals surface area contributed by atoms with Crippen molar-refractivity contribution in [2.24, 2.45) is 5.92 Å². The first-order valence-corrected chi connectivity index (χ1v) is 10.5. The molecule has 2 fully saturated rings. The topological polar surface area (TPSA) is 68.6 Å². The SMILES string of the molecule is CCn1nc(CN2CCC(NC(=O)C3CCOCC3)CC2)c2c1CCOC2. The van der Waals surface area contributed by atoms with Crippen LogP contribution in [0, 0.1) is 5.92 Å². The molecule has 4 heterocycles. The van der Waals surface area contributed by atoms with Crippen molar-refractivity contribution in [3.8, 4) is 0 Å². The Balaban J connectivity index is 1.28. The van der Waals surface area contributed by atoms with Crippen molar-refractivity contribution in [1.82, 2.24) is 20.0 Å². The van der Waals surface area contributed by atoms with Crippen molar-refractivity contribution >= 4 is 5.91 Å². The zero-order valence-electron chi connectivity index (χ0n) is 16.4. The Labute approximate surface area is 161 Å². The van der Waals surface area contributed by atoms with Crippen LogP contribution in [0.2, 0.25) is 0 Å². The van der Waals surface area contributed by atoms with Crippen LogP contribution in [-0.4, -0.2) is 59.5 Å². The average molecular weight is 377 g/mol. The summed E-state index contributed by atoms with van der Waals surface area (Å²) in [6.45, 7) is 8.91. The van der Waals surface area contributed by atoms with Gasteiger partial charge in [-0.15, -0.1) is 0 Å². The molecule has 0 spiro atoms. The number of amides is 1. The highest BCUT2D eigenvalue weighted by atomic mass is 16.5. The number of likely N-dealkylation sites (tertiary alicyclic amines) is 1. The number of piperidine rings is 1. The average Bonchev–Trinajstić information content (AvgIpc) is 3.08. The number of nitrogens with zero attached hydrogens (tertiary/aromatic N) is 3. The Bertz CT molecular complexity index is 646. The van der Waals surface area contributed by atoms with Gasteiger partial charge >= 0.3 is 0 Å². The molecule has 150 valence electrons. The minimum atomic E-state index is 0.140. The van der Waals surface area contributed by atoms with Gasteiger partial charge < -0.3 is 14.8 Å². The van der Waals surface area contributed by atoms with Crippen molar-refractivity contribution in [2.75, 3.05) is 32.9 Å². The van der Waals surface area contributed by atoms with Gasteiger partial charge in [0, 0.05) is 69.0 Å². The molecule has 4 rings (SSSR count). The molecule has 3 aliphatic rings. The van der Waals surface area contributed by atoms with Crippen LogP contribution < -0.4 is 5.32 Å². The van der Waals surface area contributed by atoms with Crippen LogP contribution >= 0.6 is 0 Å². The van der Waals surface area contributed by atoms with Gasteiger partial charge in [0.2, 0.25) is 5.91 Å². The molecule has 0 atom stereocenters. The summed E-state index contributed by atoms with van der Waals surface area (Å²) in [6, 6.07) is 0.307. The van der Waals surface area contributed by atoms with E-state index in [1.165, 1.54) is 17.0 Å². The summed E-state index contributed by atoms with van der Waals surface area (Å²) in [6.07, 6.45) is 4.72. The number of rotatable bonds is 5. The lowest BCUT2D eigenvalue weighted by Crippen LogP contribution is -2.46. The summed E-state index contributed by atoms with van der Waals surface area (Å²) >= 11 is 0. The van der Waals surface area contributed by atoms with Crippen LogP contribution in [-0.2, 0) is 40.4 Å². The van der Waals surface area contributed by atoms with Crippen LogP contribution in [0.5, 0.6) is 0 Å². The van der Waals surface area contributed by atoms with Gasteiger partial charge in [-0.05, 0) is 32.6 Å². The van der Waals surface area contributed by atoms with E-state index in [4.69, 9.17) is 14.6 Å². The molecule has 7 nitrogen and oxygen atoms in total. The number of nitrogens with one attached hydrogen (secondary N) is 1. The van der Waals surface area contributed by atoms with Gasteiger partial charge in [0.25, 0.3) is 0 Å². The second kappa shape index (κ2) is 8.71. The zero-order chi connectivity index (χ0) is 18.6. The summed E-state index contributed by atoms with van der Waals surface area (Å²) in [4.78, 5) is 14.9. The predicted molar refractivity (Wildman–Crippen MR) is 101 cm³/mol. The first kappa shape index (κ1) is 18.9. The molecule has 0 unspecified atom stereocenters. The lowest BCUT2D eigenvalue weighted by atomic mass is 9.97. The fourth-order valence-electron chi connectivity index (χ4n) is 4.49. The van der Waals surface area contributed by atoms with Crippen LogP contribution in [0.1, 0.15) is 49.6 Å². The number of hydrogen-bond acceptors (Lipinski definition) is 5. The molecule has 7 heteroatoms. The van der Waals surface area contributed by atoms with Gasteiger partial charge in [0.05, 0.1) is 18.9 Å². The van der Waals surface area contributed by atoms with E-state index in [-0.39, 0.29) is 11.8 Å². The van der Waals surface area contributed by atoms with E-state index in [0.717, 1.165) is 78.1 Å². The first-order chi connectivity index (χ1) is 13.2. The Morgan fingerprint density at radius 3 is 2.67 bits per heavy atom. The van der Waals surface area contributed by atoms with E-state index < -0.39 is 0 Å². The van der Waals surface area contributed by atoms with Crippen molar-refractivity contribution in [1.29, 1.82) is 0 Å². The van der Waals surface area contributed by atoms with Crippen LogP contribution in [0.15, 0.2) is 0 Å². The number of hydrogen-bond donors (Lipinski definition) is 1. The number of ether oxygens (including phenoxy) is 2. The minimum absolute atomic E-state index is 0.140. The number of carbonyl (C=O) groups excluding carboxylic acids is 1. The molecule has 0 saturated carbocycles. The third-order valence-electron chi connectivity index (χ3n) is 6.18. The number of aromatic nitrogens is 2. The van der Waals surface area contributed by atoms with E-state index in [9.17, 15) is 4.79 Å². The fraction of sp³-hybridized carbons (Fsp3) is 0.800. The van der Waals surface area contributed by atoms with Crippen molar-refractivity contribution < 1.29 is 14.3 Å². The number of carbonyl (C=O) groups is 1. The van der Waals surface area contributed by atoms with Crippen molar-refractivity contribution in [2.45, 2.75) is 64.8 Å². The molecule has 0 aromatic carbocycles. The highest BCUT2D eigenvalue weighted by Gasteiger charge is 2.27. The molecule has 1 N–H and O–H groups in total. The second-order valence-electron chi connectivity index (χ2n) is 7.94. The van der Waals surface area contributed by atoms with E-state index in [2.05, 4.69) is 21.8 Å². The monoisotopic (exact) mass is 376 g/mol. The molecular weight excluding hydrogens is 344 g/mol. The van der Waals surface area contributed by atoms with Gasteiger partial charge in [-0.25, -0.2) is 0 Å². The summed E-state index contributed by atoms with van der Waals surface area (Å²) in [7, 11) is 0. The van der Waals surface area contributed by atoms with Crippen molar-refractivity contribution in [3.63, 3.8) is 0 Å². The van der Waals surface area contributed by atoms with Gasteiger partial charge in [0.15, 0.2) is 0 Å². The minimum Gasteiger partial charge on any atom is -0.381 e. The predicted octanol–water partition coefficient (Wildman–Crippen LogP) is 1.48. The third kappa shape index (κ3) is 4.36. The molecule has 1 aromatic heterocycles. The Morgan fingerprint density at radius 1 is 1.15 bits per heavy atom. The smallest absolute Gasteiger partial charge is 0.223 e. The lowest BCUT2D eigenvalue weighted by molar-refractivity contribution is -0.128. The van der Waals surface area contributed by atoms with Crippen LogP contribution in [0.3, 0.4) is 0 Å². The molecule has 27 heavy (non-hydrogen) atoms. The fourth-order valence-corrected chi connectivity index (χ4v) is 4.49. The second-order valence-corrected chi connectivity index (χ2v) is 7.94. The van der Waals surface area contributed by atoms with Gasteiger partial charge in [-0.3, -0.25) is 14.4 Å². The van der Waals surface area contributed by atoms with Gasteiger partial charge in [-0.2, -0.15) is 5.10 Å². The molecule has 0 radical (unpaired) electrons. The lowest BCUT2D eigenvalue weighted by Gasteiger charge is -2.33. The largest absolute Gasteiger partial charge is 0.381 e. The Morgan fingerprint density at radius 2 is 1.93 bits per heavy atom. The van der Waals surface area contributed by atoms with Gasteiger partial charge in [-0.1, -0.05) is 0 Å². The summed E-state index contributed by atoms with van der Waals surface area (Å²) in [5.74, 6) is 0.367. The molecule has 1 amide bonds. The molecule has 1 aromatic rings. The summed E-state index contributed by atoms with van der Waals surface area (Å²) < 4.78 is 13.2. The summed E-state index contributed by atoms with van der Waals surface area (Å²) in [5.41, 5.74) is 3.84. The number of aryl methyl sites for hydroxylation is 1. The van der Waals surface area contributed by atoms with E-state index in [1.807, 2.05) is 0 Å². The Hall–Kier alpha value is -1.44. The number of fused-ring (bicyclic) bond motifs is 1. The molecule has 2 saturated heterocycles. The summed E-state index contributed by atoms with van der Waals surface area (Å²) in [5, 5.41) is 8.12. The Kier molecular flexibility index (Phi) is 6.10. The first-order valence-electron chi connectivity index (χ1n) is 10.5. The quantitative estimate of drug-likeness (QED) is 0.843. The van der Waals surface area contributed by atoms with Crippen LogP contribution in [0.4, 0.5) is 0 Å². The highest BCUT2D eigenvalue weighted by molar-refractivity contribution is 5.79. The maximum atomic E-state index is 12.4. The molecule has 0 aliphatic carbocycles. The van der Waals surface area contributed by atoms with Crippen molar-refractivity contribution in [3.05, 3.63) is 17.0 Å². The van der Waals surface area contributed by atoms with Crippen LogP contribution in [0.25, 0.3) is 0 Å². The zero-order valence-corrected chi connectivity index (χ0v) is 16.4. The third-order valence-corrected chi connectivity index (χ3v) is 6.18. The maximum absolute atomic E-state index is 12.4. The molecule has 0 bridgehead atoms. The normalized spacial score (nSPS) is 22.6. The van der Waals surface area contributed by atoms with Gasteiger partial charge in [0.1, 0.15) is 0 Å². The molecular formula is C20H32N4O3. The van der Waals surface area contributed by atoms with E-state index >= 15 is 0 Å². The standard InChI is InChI=1S/C20H32N4O3/c1-2-24-19-7-12-27-14-17(19)18(22-24)13-23-8-3-16(4-9-23)21-20(25)15-5-10-26-11-6-15/h15-16H,2-14H2,1H3,(H,21,25). The maximum Gasteiger partial charge on any atom is 0.223 e. The molecule has 3 aliphatic heterocycles. The highest BCUT2D eigenvalue weighted by Crippen LogP contribution is 2.24. The van der Waals surface area contributed by atoms with E-state index in [1.54, 1.807) is 0 Å².